The van der Waals surface area contributed by atoms with E-state index in [4.69, 9.17) is 10.5 Å². The summed E-state index contributed by atoms with van der Waals surface area (Å²) in [5.74, 6) is 0.950. The quantitative estimate of drug-likeness (QED) is 0.762. The molecule has 1 aromatic carbocycles. The fourth-order valence-corrected chi connectivity index (χ4v) is 2.77. The molecule has 0 spiro atoms. The number of unbranched alkanes of at least 4 members (excludes halogenated alkanes) is 1. The van der Waals surface area contributed by atoms with Crippen molar-refractivity contribution in [2.75, 3.05) is 6.61 Å². The highest BCUT2D eigenvalue weighted by molar-refractivity contribution is 5.89. The summed E-state index contributed by atoms with van der Waals surface area (Å²) in [6.45, 7) is 7.59. The first-order valence-corrected chi connectivity index (χ1v) is 8.45. The number of benzene rings is 1. The minimum atomic E-state index is -0.0773. The van der Waals surface area contributed by atoms with E-state index in [2.05, 4.69) is 26.8 Å². The Hall–Kier alpha value is -2.03. The second kappa shape index (κ2) is 9.45. The number of nitrogens with zero attached hydrogens (tertiary/aromatic N) is 2. The molecule has 0 radical (unpaired) electrons. The van der Waals surface area contributed by atoms with Gasteiger partial charge in [0.25, 0.3) is 5.56 Å². The third-order valence-electron chi connectivity index (χ3n) is 3.94. The fourth-order valence-electron chi connectivity index (χ4n) is 2.77. The number of nitriles is 1. The van der Waals surface area contributed by atoms with Gasteiger partial charge in [0, 0.05) is 18.5 Å². The molecule has 0 aliphatic carbocycles. The highest BCUT2D eigenvalue weighted by atomic mass is 35.5. The number of rotatable bonds is 7. The van der Waals surface area contributed by atoms with Gasteiger partial charge in [-0.25, -0.2) is 0 Å². The maximum absolute atomic E-state index is 12.9. The lowest BCUT2D eigenvalue weighted by Gasteiger charge is -2.20. The zero-order valence-electron chi connectivity index (χ0n) is 15.0. The van der Waals surface area contributed by atoms with Crippen molar-refractivity contribution in [3.63, 3.8) is 0 Å². The standard InChI is InChI=1S/C19H25N3O2.ClH/c1-4-5-8-24-18-16-9-14(10-20)6-7-15(16)19(23)22(12-13(2)3)17(18)11-21;/h6-7,9,13H,4-5,8,11-12,21H2,1-3H3;1H. The van der Waals surface area contributed by atoms with Crippen molar-refractivity contribution in [1.82, 2.24) is 4.57 Å². The second-order valence-electron chi connectivity index (χ2n) is 6.36. The summed E-state index contributed by atoms with van der Waals surface area (Å²) in [5, 5.41) is 10.4. The molecule has 0 aliphatic heterocycles. The highest BCUT2D eigenvalue weighted by Crippen LogP contribution is 2.29. The molecule has 2 rings (SSSR count). The van der Waals surface area contributed by atoms with Crippen LogP contribution in [-0.4, -0.2) is 11.2 Å². The average Bonchev–Trinajstić information content (AvgIpc) is 2.58. The van der Waals surface area contributed by atoms with Crippen molar-refractivity contribution in [2.45, 2.75) is 46.7 Å². The van der Waals surface area contributed by atoms with E-state index in [0.29, 0.717) is 46.8 Å². The molecule has 1 heterocycles. The SMILES string of the molecule is CCCCOc1c(CN)n(CC(C)C)c(=O)c2ccc(C#N)cc12.Cl. The molecule has 0 saturated carbocycles. The molecule has 0 unspecified atom stereocenters. The predicted molar refractivity (Wildman–Crippen MR) is 103 cm³/mol. The summed E-state index contributed by atoms with van der Waals surface area (Å²) in [5.41, 5.74) is 7.09. The zero-order chi connectivity index (χ0) is 17.7. The van der Waals surface area contributed by atoms with Gasteiger partial charge in [-0.3, -0.25) is 4.79 Å². The van der Waals surface area contributed by atoms with Crippen LogP contribution in [0.1, 0.15) is 44.9 Å². The number of ether oxygens (including phenoxy) is 1. The smallest absolute Gasteiger partial charge is 0.258 e. The van der Waals surface area contributed by atoms with Crippen LogP contribution in [-0.2, 0) is 13.1 Å². The molecule has 1 aromatic heterocycles. The largest absolute Gasteiger partial charge is 0.491 e. The van der Waals surface area contributed by atoms with Crippen LogP contribution in [0.4, 0.5) is 0 Å². The Morgan fingerprint density at radius 1 is 1.32 bits per heavy atom. The van der Waals surface area contributed by atoms with Gasteiger partial charge in [-0.15, -0.1) is 12.4 Å². The Bertz CT molecular complexity index is 822. The van der Waals surface area contributed by atoms with E-state index in [0.717, 1.165) is 12.8 Å². The maximum Gasteiger partial charge on any atom is 0.258 e. The van der Waals surface area contributed by atoms with Crippen LogP contribution in [0.3, 0.4) is 0 Å². The fraction of sp³-hybridized carbons (Fsp3) is 0.474. The highest BCUT2D eigenvalue weighted by Gasteiger charge is 2.18. The lowest BCUT2D eigenvalue weighted by Crippen LogP contribution is -2.28. The molecule has 0 atom stereocenters. The minimum Gasteiger partial charge on any atom is -0.491 e. The van der Waals surface area contributed by atoms with E-state index < -0.39 is 0 Å². The summed E-state index contributed by atoms with van der Waals surface area (Å²) in [7, 11) is 0. The number of pyridine rings is 1. The van der Waals surface area contributed by atoms with Gasteiger partial charge in [0.1, 0.15) is 5.75 Å². The number of hydrogen-bond acceptors (Lipinski definition) is 4. The van der Waals surface area contributed by atoms with Gasteiger partial charge in [-0.1, -0.05) is 27.2 Å². The van der Waals surface area contributed by atoms with Crippen molar-refractivity contribution in [3.8, 4) is 11.8 Å². The van der Waals surface area contributed by atoms with Gasteiger partial charge in [0.15, 0.2) is 0 Å². The topological polar surface area (TPSA) is 81.0 Å². The third kappa shape index (κ3) is 4.53. The van der Waals surface area contributed by atoms with Crippen LogP contribution in [0.25, 0.3) is 10.8 Å². The molecule has 0 saturated heterocycles. The molecule has 2 aromatic rings. The van der Waals surface area contributed by atoms with E-state index in [-0.39, 0.29) is 24.5 Å². The molecule has 25 heavy (non-hydrogen) atoms. The van der Waals surface area contributed by atoms with Crippen molar-refractivity contribution < 1.29 is 4.74 Å². The van der Waals surface area contributed by atoms with Gasteiger partial charge in [0.05, 0.1) is 29.3 Å². The van der Waals surface area contributed by atoms with Crippen LogP contribution >= 0.6 is 12.4 Å². The van der Waals surface area contributed by atoms with Crippen LogP contribution in [0.15, 0.2) is 23.0 Å². The van der Waals surface area contributed by atoms with Crippen LogP contribution in [0.5, 0.6) is 5.75 Å². The molecule has 0 amide bonds. The van der Waals surface area contributed by atoms with E-state index in [1.54, 1.807) is 22.8 Å². The van der Waals surface area contributed by atoms with E-state index >= 15 is 0 Å². The number of aromatic nitrogens is 1. The molecule has 5 nitrogen and oxygen atoms in total. The predicted octanol–water partition coefficient (Wildman–Crippen LogP) is 3.59. The first-order valence-electron chi connectivity index (χ1n) is 8.45. The summed E-state index contributed by atoms with van der Waals surface area (Å²) >= 11 is 0. The molecule has 0 aliphatic rings. The number of hydrogen-bond donors (Lipinski definition) is 1. The zero-order valence-corrected chi connectivity index (χ0v) is 15.9. The number of nitrogens with two attached hydrogens (primary N) is 1. The molecule has 0 fully saturated rings. The van der Waals surface area contributed by atoms with E-state index in [1.165, 1.54) is 0 Å². The summed E-state index contributed by atoms with van der Waals surface area (Å²) < 4.78 is 7.73. The van der Waals surface area contributed by atoms with Gasteiger partial charge in [-0.2, -0.15) is 5.26 Å². The Morgan fingerprint density at radius 3 is 2.60 bits per heavy atom. The minimum absolute atomic E-state index is 0. The maximum atomic E-state index is 12.9. The molecular formula is C19H26ClN3O2. The monoisotopic (exact) mass is 363 g/mol. The second-order valence-corrected chi connectivity index (χ2v) is 6.36. The Balaban J connectivity index is 0.00000312. The van der Waals surface area contributed by atoms with Crippen LogP contribution in [0, 0.1) is 17.2 Å². The van der Waals surface area contributed by atoms with Crippen molar-refractivity contribution in [3.05, 3.63) is 39.8 Å². The normalized spacial score (nSPS) is 10.6. The molecule has 2 N–H and O–H groups in total. The number of fused-ring (bicyclic) bond motifs is 1. The third-order valence-corrected chi connectivity index (χ3v) is 3.94. The van der Waals surface area contributed by atoms with Crippen LogP contribution in [0.2, 0.25) is 0 Å². The summed E-state index contributed by atoms with van der Waals surface area (Å²) in [6, 6.07) is 7.22. The van der Waals surface area contributed by atoms with Crippen molar-refractivity contribution in [1.29, 1.82) is 5.26 Å². The van der Waals surface area contributed by atoms with Crippen LogP contribution < -0.4 is 16.0 Å². The summed E-state index contributed by atoms with van der Waals surface area (Å²) in [4.78, 5) is 12.9. The Morgan fingerprint density at radius 2 is 2.04 bits per heavy atom. The Labute approximate surface area is 154 Å². The lowest BCUT2D eigenvalue weighted by molar-refractivity contribution is 0.304. The first kappa shape index (κ1) is 21.0. The van der Waals surface area contributed by atoms with E-state index in [9.17, 15) is 10.1 Å². The van der Waals surface area contributed by atoms with Gasteiger partial charge in [-0.05, 0) is 30.5 Å². The molecule has 0 bridgehead atoms. The first-order chi connectivity index (χ1) is 11.5. The molecule has 6 heteroatoms. The van der Waals surface area contributed by atoms with Gasteiger partial charge < -0.3 is 15.0 Å². The summed E-state index contributed by atoms with van der Waals surface area (Å²) in [6.07, 6.45) is 1.94. The Kier molecular flexibility index (Phi) is 7.95. The molecule has 136 valence electrons. The van der Waals surface area contributed by atoms with Gasteiger partial charge >= 0.3 is 0 Å². The lowest BCUT2D eigenvalue weighted by atomic mass is 10.1. The average molecular weight is 364 g/mol. The molecular weight excluding hydrogens is 338 g/mol. The number of halogens is 1. The van der Waals surface area contributed by atoms with Gasteiger partial charge in [0.2, 0.25) is 0 Å². The van der Waals surface area contributed by atoms with Crippen molar-refractivity contribution >= 4 is 23.2 Å². The van der Waals surface area contributed by atoms with E-state index in [1.807, 2.05) is 0 Å². The van der Waals surface area contributed by atoms with Crippen molar-refractivity contribution in [2.24, 2.45) is 11.7 Å².